The summed E-state index contributed by atoms with van der Waals surface area (Å²) in [5, 5.41) is 0. The van der Waals surface area contributed by atoms with E-state index in [2.05, 4.69) is 13.8 Å². The van der Waals surface area contributed by atoms with Crippen LogP contribution in [0.5, 0.6) is 0 Å². The molecule has 0 fully saturated rings. The van der Waals surface area contributed by atoms with Gasteiger partial charge in [0.2, 0.25) is 0 Å². The Hall–Kier alpha value is 0.526. The van der Waals surface area contributed by atoms with Crippen molar-refractivity contribution in [1.82, 2.24) is 0 Å². The van der Waals surface area contributed by atoms with Gasteiger partial charge in [-0.25, -0.2) is 0 Å². The van der Waals surface area contributed by atoms with Crippen molar-refractivity contribution in [2.24, 2.45) is 0 Å². The molecule has 0 heterocycles. The molecule has 0 aliphatic carbocycles. The Kier molecular flexibility index (Phi) is 23.3. The molecule has 127 valence electrons. The van der Waals surface area contributed by atoms with Gasteiger partial charge in [-0.2, -0.15) is 0 Å². The summed E-state index contributed by atoms with van der Waals surface area (Å²) in [6.45, 7) is 5.57. The molecule has 0 unspecified atom stereocenters. The molecule has 21 heavy (non-hydrogen) atoms. The Morgan fingerprint density at radius 2 is 0.952 bits per heavy atom. The van der Waals surface area contributed by atoms with Crippen LogP contribution in [0.1, 0.15) is 90.9 Å². The number of unbranched alkanes of at least 4 members (excludes halogenated alkanes) is 10. The zero-order valence-electron chi connectivity index (χ0n) is 13.9. The first-order valence-electron chi connectivity index (χ1n) is 8.54. The van der Waals surface area contributed by atoms with Crippen molar-refractivity contribution in [3.63, 3.8) is 0 Å². The van der Waals surface area contributed by atoms with Crippen LogP contribution < -0.4 is 0 Å². The van der Waals surface area contributed by atoms with Gasteiger partial charge in [-0.3, -0.25) is 0 Å². The van der Waals surface area contributed by atoms with Gasteiger partial charge in [0.05, 0.1) is 0 Å². The van der Waals surface area contributed by atoms with E-state index in [0.717, 1.165) is 12.8 Å². The predicted octanol–water partition coefficient (Wildman–Crippen LogP) is 6.40. The van der Waals surface area contributed by atoms with E-state index in [-0.39, 0.29) is 16.8 Å². The van der Waals surface area contributed by atoms with Crippen molar-refractivity contribution in [3.8, 4) is 0 Å². The van der Waals surface area contributed by atoms with Gasteiger partial charge in [-0.1, -0.05) is 78.1 Å². The molecule has 0 rings (SSSR count). The second-order valence-electron chi connectivity index (χ2n) is 5.43. The monoisotopic (exact) mass is 364 g/mol. The van der Waals surface area contributed by atoms with Crippen molar-refractivity contribution in [2.75, 3.05) is 13.2 Å². The Morgan fingerprint density at radius 3 is 1.33 bits per heavy atom. The average Bonchev–Trinajstić information content (AvgIpc) is 2.45. The van der Waals surface area contributed by atoms with Gasteiger partial charge in [0.1, 0.15) is 13.2 Å². The summed E-state index contributed by atoms with van der Waals surface area (Å²) in [6.07, 6.45) is 14.6. The zero-order valence-corrected chi connectivity index (χ0v) is 15.8. The van der Waals surface area contributed by atoms with Crippen molar-refractivity contribution >= 4 is 8.25 Å². The third-order valence-corrected chi connectivity index (χ3v) is 4.18. The van der Waals surface area contributed by atoms with Crippen molar-refractivity contribution in [1.29, 1.82) is 0 Å². The third-order valence-electron chi connectivity index (χ3n) is 3.39. The normalized spacial score (nSPS) is 10.4. The smallest absolute Gasteiger partial charge is 0.119 e. The summed E-state index contributed by atoms with van der Waals surface area (Å²) in [5.41, 5.74) is 0. The SMILES string of the molecule is CCCCCCCCO[P+](=O)OCCCCCCCC.[Co+2]. The summed E-state index contributed by atoms with van der Waals surface area (Å²) in [6, 6.07) is 0. The second-order valence-corrected chi connectivity index (χ2v) is 6.39. The van der Waals surface area contributed by atoms with Gasteiger partial charge in [0.25, 0.3) is 0 Å². The molecule has 0 saturated heterocycles. The molecule has 1 radical (unpaired) electrons. The van der Waals surface area contributed by atoms with Crippen LogP contribution in [0.4, 0.5) is 0 Å². The maximum Gasteiger partial charge on any atom is 2.00 e. The van der Waals surface area contributed by atoms with Gasteiger partial charge in [0, 0.05) is 4.57 Å². The van der Waals surface area contributed by atoms with Gasteiger partial charge >= 0.3 is 25.0 Å². The molecule has 0 aromatic rings. The molecular weight excluding hydrogens is 330 g/mol. The molecule has 0 amide bonds. The minimum absolute atomic E-state index is 0. The number of hydrogen-bond donors (Lipinski definition) is 0. The maximum atomic E-state index is 11.4. The summed E-state index contributed by atoms with van der Waals surface area (Å²) in [7, 11) is -1.89. The summed E-state index contributed by atoms with van der Waals surface area (Å²) in [4.78, 5) is 0. The fourth-order valence-corrected chi connectivity index (χ4v) is 2.71. The molecule has 0 saturated carbocycles. The fourth-order valence-electron chi connectivity index (χ4n) is 2.08. The molecule has 0 aromatic heterocycles. The Labute approximate surface area is 143 Å². The standard InChI is InChI=1S/C16H34O3P.Co/c1-3-5-7-9-11-13-15-18-20(17)19-16-14-12-10-8-6-4-2;/h3-16H2,1-2H3;/q+1;+2. The largest absolute Gasteiger partial charge is 2.00 e. The molecule has 0 aliphatic heterocycles. The molecule has 0 bridgehead atoms. The van der Waals surface area contributed by atoms with Crippen LogP contribution in [-0.2, 0) is 30.4 Å². The van der Waals surface area contributed by atoms with E-state index in [1.807, 2.05) is 0 Å². The Bertz CT molecular complexity index is 196. The van der Waals surface area contributed by atoms with E-state index >= 15 is 0 Å². The van der Waals surface area contributed by atoms with E-state index in [9.17, 15) is 4.57 Å². The van der Waals surface area contributed by atoms with Crippen LogP contribution in [0.2, 0.25) is 0 Å². The van der Waals surface area contributed by atoms with E-state index in [4.69, 9.17) is 9.05 Å². The first-order valence-corrected chi connectivity index (χ1v) is 9.63. The van der Waals surface area contributed by atoms with Crippen molar-refractivity contribution in [3.05, 3.63) is 0 Å². The second kappa shape index (κ2) is 20.5. The van der Waals surface area contributed by atoms with E-state index in [1.54, 1.807) is 0 Å². The molecular formula is C16H34CoO3P+3. The Morgan fingerprint density at radius 1 is 0.619 bits per heavy atom. The number of rotatable bonds is 16. The van der Waals surface area contributed by atoms with Crippen LogP contribution in [0, 0.1) is 0 Å². The van der Waals surface area contributed by atoms with Crippen LogP contribution in [-0.4, -0.2) is 13.2 Å². The van der Waals surface area contributed by atoms with Gasteiger partial charge < -0.3 is 0 Å². The maximum absolute atomic E-state index is 11.4. The first-order chi connectivity index (χ1) is 9.81. The van der Waals surface area contributed by atoms with Crippen LogP contribution in [0.25, 0.3) is 0 Å². The molecule has 3 nitrogen and oxygen atoms in total. The van der Waals surface area contributed by atoms with E-state index in [0.29, 0.717) is 13.2 Å². The summed E-state index contributed by atoms with van der Waals surface area (Å²) >= 11 is 0. The molecule has 5 heteroatoms. The molecule has 0 N–H and O–H groups in total. The molecule has 0 atom stereocenters. The van der Waals surface area contributed by atoms with Gasteiger partial charge in [0.15, 0.2) is 0 Å². The van der Waals surface area contributed by atoms with E-state index < -0.39 is 8.25 Å². The third kappa shape index (κ3) is 20.5. The average molecular weight is 364 g/mol. The van der Waals surface area contributed by atoms with Crippen LogP contribution in [0.15, 0.2) is 0 Å². The summed E-state index contributed by atoms with van der Waals surface area (Å²) in [5.74, 6) is 0. The molecule has 0 spiro atoms. The minimum atomic E-state index is -1.89. The van der Waals surface area contributed by atoms with Gasteiger partial charge in [-0.15, -0.1) is 9.05 Å². The zero-order chi connectivity index (χ0) is 14.9. The van der Waals surface area contributed by atoms with Crippen LogP contribution >= 0.6 is 8.25 Å². The Balaban J connectivity index is 0. The topological polar surface area (TPSA) is 35.5 Å². The van der Waals surface area contributed by atoms with Crippen molar-refractivity contribution in [2.45, 2.75) is 90.9 Å². The minimum Gasteiger partial charge on any atom is -0.119 e. The molecule has 0 aliphatic rings. The predicted molar refractivity (Wildman–Crippen MR) is 86.3 cm³/mol. The number of hydrogen-bond acceptors (Lipinski definition) is 3. The fraction of sp³-hybridized carbons (Fsp3) is 1.00. The molecule has 0 aromatic carbocycles. The van der Waals surface area contributed by atoms with Gasteiger partial charge in [-0.05, 0) is 12.8 Å². The quantitative estimate of drug-likeness (QED) is 0.235. The van der Waals surface area contributed by atoms with E-state index in [1.165, 1.54) is 64.2 Å². The van der Waals surface area contributed by atoms with Crippen molar-refractivity contribution < 1.29 is 30.4 Å². The summed E-state index contributed by atoms with van der Waals surface area (Å²) < 4.78 is 21.8. The first kappa shape index (κ1) is 23.8. The van der Waals surface area contributed by atoms with Crippen LogP contribution in [0.3, 0.4) is 0 Å².